The van der Waals surface area contributed by atoms with Gasteiger partial charge in [0.1, 0.15) is 18.1 Å². The maximum atomic E-state index is 12.6. The highest BCUT2D eigenvalue weighted by Crippen LogP contribution is 2.29. The van der Waals surface area contributed by atoms with Crippen LogP contribution in [0.3, 0.4) is 0 Å². The van der Waals surface area contributed by atoms with E-state index < -0.39 is 30.7 Å². The molecule has 0 aromatic heterocycles. The molecule has 1 heterocycles. The Kier molecular flexibility index (Phi) is 6.50. The van der Waals surface area contributed by atoms with Crippen LogP contribution in [0.25, 0.3) is 0 Å². The Balaban J connectivity index is 1.75. The molecule has 12 heteroatoms. The maximum Gasteiger partial charge on any atom is 0.573 e. The van der Waals surface area contributed by atoms with Crippen molar-refractivity contribution >= 4 is 34.4 Å². The highest BCUT2D eigenvalue weighted by atomic mass is 79.9. The normalized spacial score (nSPS) is 14.9. The zero-order valence-electron chi connectivity index (χ0n) is 16.0. The van der Waals surface area contributed by atoms with Gasteiger partial charge in [0, 0.05) is 5.46 Å². The fourth-order valence-electron chi connectivity index (χ4n) is 2.87. The molecule has 2 N–H and O–H groups in total. The molecule has 0 spiro atoms. The summed E-state index contributed by atoms with van der Waals surface area (Å²) < 4.78 is 52.9. The summed E-state index contributed by atoms with van der Waals surface area (Å²) in [4.78, 5) is 12.6. The van der Waals surface area contributed by atoms with Gasteiger partial charge in [-0.05, 0) is 46.6 Å². The van der Waals surface area contributed by atoms with Crippen LogP contribution >= 0.6 is 15.9 Å². The Morgan fingerprint density at radius 1 is 1.32 bits per heavy atom. The number of hydrogen-bond acceptors (Lipinski definition) is 6. The first kappa shape index (κ1) is 22.9. The summed E-state index contributed by atoms with van der Waals surface area (Å²) in [6.45, 7) is 1.27. The van der Waals surface area contributed by atoms with E-state index in [9.17, 15) is 28.3 Å². The quantitative estimate of drug-likeness (QED) is 0.594. The van der Waals surface area contributed by atoms with Crippen molar-refractivity contribution in [3.05, 3.63) is 52.0 Å². The fourth-order valence-corrected chi connectivity index (χ4v) is 3.57. The molecular formula is C19H15BBrF3N2O5. The number of para-hydroxylation sites is 1. The van der Waals surface area contributed by atoms with Gasteiger partial charge in [-0.3, -0.25) is 4.79 Å². The number of alkyl halides is 3. The van der Waals surface area contributed by atoms with E-state index in [1.807, 2.05) is 6.07 Å². The molecule has 1 amide bonds. The van der Waals surface area contributed by atoms with Gasteiger partial charge in [0.25, 0.3) is 5.91 Å². The van der Waals surface area contributed by atoms with Gasteiger partial charge < -0.3 is 24.5 Å². The smallest absolute Gasteiger partial charge is 0.489 e. The van der Waals surface area contributed by atoms with Crippen LogP contribution < -0.4 is 20.3 Å². The van der Waals surface area contributed by atoms with Gasteiger partial charge in [0.05, 0.1) is 22.7 Å². The molecule has 2 aromatic rings. The second kappa shape index (κ2) is 8.78. The number of nitrogens with zero attached hydrogens (tertiary/aromatic N) is 1. The fraction of sp³-hybridized carbons (Fsp3) is 0.263. The van der Waals surface area contributed by atoms with Crippen LogP contribution in [0.1, 0.15) is 22.8 Å². The molecule has 1 aliphatic heterocycles. The van der Waals surface area contributed by atoms with Gasteiger partial charge in [0.15, 0.2) is 5.54 Å². The number of nitrogens with one attached hydrogen (secondary N) is 1. The van der Waals surface area contributed by atoms with Crippen LogP contribution in [0.4, 0.5) is 13.2 Å². The third-order valence-corrected chi connectivity index (χ3v) is 5.21. The second-order valence-corrected chi connectivity index (χ2v) is 7.64. The van der Waals surface area contributed by atoms with E-state index in [2.05, 4.69) is 26.0 Å². The van der Waals surface area contributed by atoms with Crippen molar-refractivity contribution in [1.29, 1.82) is 5.26 Å². The van der Waals surface area contributed by atoms with Gasteiger partial charge in [0.2, 0.25) is 0 Å². The Labute approximate surface area is 184 Å². The van der Waals surface area contributed by atoms with Crippen LogP contribution in [0.5, 0.6) is 11.5 Å². The average Bonchev–Trinajstić information content (AvgIpc) is 3.08. The first-order valence-corrected chi connectivity index (χ1v) is 9.64. The summed E-state index contributed by atoms with van der Waals surface area (Å²) in [7, 11) is -1.12. The van der Waals surface area contributed by atoms with Crippen LogP contribution in [-0.4, -0.2) is 36.6 Å². The Morgan fingerprint density at radius 3 is 2.71 bits per heavy atom. The van der Waals surface area contributed by atoms with E-state index in [1.54, 1.807) is 12.1 Å². The molecule has 0 saturated carbocycles. The number of hydrogen-bond donors (Lipinski definition) is 2. The molecule has 0 saturated heterocycles. The molecule has 1 unspecified atom stereocenters. The van der Waals surface area contributed by atoms with E-state index in [1.165, 1.54) is 19.1 Å². The third-order valence-electron chi connectivity index (χ3n) is 4.39. The van der Waals surface area contributed by atoms with Gasteiger partial charge in [-0.15, -0.1) is 13.2 Å². The molecular weight excluding hydrogens is 484 g/mol. The van der Waals surface area contributed by atoms with Gasteiger partial charge >= 0.3 is 13.5 Å². The number of nitriles is 1. The number of rotatable bonds is 6. The predicted octanol–water partition coefficient (Wildman–Crippen LogP) is 2.66. The SMILES string of the molecule is CC(C#N)(COc1ccc2c(c1Br)B(O)OC2)NC(=O)c1ccccc1OC(F)(F)F. The summed E-state index contributed by atoms with van der Waals surface area (Å²) in [5, 5.41) is 21.8. The van der Waals surface area contributed by atoms with Crippen molar-refractivity contribution in [1.82, 2.24) is 5.32 Å². The molecule has 3 rings (SSSR count). The summed E-state index contributed by atoms with van der Waals surface area (Å²) >= 11 is 3.33. The number of ether oxygens (including phenoxy) is 2. The number of fused-ring (bicyclic) bond motifs is 1. The molecule has 0 radical (unpaired) electrons. The van der Waals surface area contributed by atoms with Crippen LogP contribution in [0.2, 0.25) is 0 Å². The second-order valence-electron chi connectivity index (χ2n) is 6.84. The minimum absolute atomic E-state index is 0.237. The Bertz CT molecular complexity index is 1050. The lowest BCUT2D eigenvalue weighted by atomic mass is 9.79. The molecule has 0 bridgehead atoms. The Hall–Kier alpha value is -2.75. The molecule has 0 fully saturated rings. The van der Waals surface area contributed by atoms with Crippen molar-refractivity contribution in [2.75, 3.05) is 6.61 Å². The third kappa shape index (κ3) is 5.30. The zero-order chi connectivity index (χ0) is 22.8. The maximum absolute atomic E-state index is 12.6. The first-order valence-electron chi connectivity index (χ1n) is 8.85. The van der Waals surface area contributed by atoms with E-state index in [-0.39, 0.29) is 18.8 Å². The molecule has 31 heavy (non-hydrogen) atoms. The molecule has 1 aliphatic rings. The van der Waals surface area contributed by atoms with E-state index >= 15 is 0 Å². The Morgan fingerprint density at radius 2 is 2.03 bits per heavy atom. The van der Waals surface area contributed by atoms with Crippen molar-refractivity contribution in [2.45, 2.75) is 25.4 Å². The summed E-state index contributed by atoms with van der Waals surface area (Å²) in [5.41, 5.74) is -0.709. The van der Waals surface area contributed by atoms with E-state index in [0.717, 1.165) is 17.7 Å². The number of carbonyl (C=O) groups is 1. The lowest BCUT2D eigenvalue weighted by Crippen LogP contribution is -2.49. The number of amides is 1. The van der Waals surface area contributed by atoms with Crippen molar-refractivity contribution < 1.29 is 37.1 Å². The molecule has 0 aliphatic carbocycles. The zero-order valence-corrected chi connectivity index (χ0v) is 17.6. The number of benzene rings is 2. The first-order chi connectivity index (χ1) is 14.5. The van der Waals surface area contributed by atoms with Crippen molar-refractivity contribution in [3.63, 3.8) is 0 Å². The summed E-state index contributed by atoms with van der Waals surface area (Å²) in [6, 6.07) is 9.99. The number of carbonyl (C=O) groups excluding carboxylic acids is 1. The molecule has 1 atom stereocenters. The van der Waals surface area contributed by atoms with Crippen LogP contribution in [0.15, 0.2) is 40.9 Å². The van der Waals surface area contributed by atoms with E-state index in [4.69, 9.17) is 9.39 Å². The topological polar surface area (TPSA) is 101 Å². The minimum Gasteiger partial charge on any atom is -0.489 e. The van der Waals surface area contributed by atoms with E-state index in [0.29, 0.717) is 15.7 Å². The lowest BCUT2D eigenvalue weighted by molar-refractivity contribution is -0.274. The molecule has 7 nitrogen and oxygen atoms in total. The molecule has 162 valence electrons. The standard InChI is InChI=1S/C19H15BBrF3N2O5/c1-18(9-25,10-29-14-7-6-11-8-30-20(28)15(11)16(14)21)26-17(27)12-4-2-3-5-13(12)31-19(22,23)24/h2-7,28H,8,10H2,1H3,(H,26,27). The molecule has 2 aromatic carbocycles. The van der Waals surface area contributed by atoms with Crippen molar-refractivity contribution in [3.8, 4) is 17.6 Å². The van der Waals surface area contributed by atoms with Gasteiger partial charge in [-0.25, -0.2) is 0 Å². The number of halogens is 4. The highest BCUT2D eigenvalue weighted by Gasteiger charge is 2.35. The van der Waals surface area contributed by atoms with Crippen LogP contribution in [0, 0.1) is 11.3 Å². The van der Waals surface area contributed by atoms with Gasteiger partial charge in [-0.1, -0.05) is 18.2 Å². The summed E-state index contributed by atoms with van der Waals surface area (Å²) in [5.74, 6) is -1.34. The van der Waals surface area contributed by atoms with Crippen molar-refractivity contribution in [2.24, 2.45) is 0 Å². The van der Waals surface area contributed by atoms with Crippen LogP contribution in [-0.2, 0) is 11.3 Å². The summed E-state index contributed by atoms with van der Waals surface area (Å²) in [6.07, 6.45) is -4.98. The minimum atomic E-state index is -4.98. The largest absolute Gasteiger partial charge is 0.573 e. The van der Waals surface area contributed by atoms with Gasteiger partial charge in [-0.2, -0.15) is 5.26 Å². The lowest BCUT2D eigenvalue weighted by Gasteiger charge is -2.24. The monoisotopic (exact) mass is 498 g/mol. The average molecular weight is 499 g/mol. The predicted molar refractivity (Wildman–Crippen MR) is 107 cm³/mol. The highest BCUT2D eigenvalue weighted by molar-refractivity contribution is 9.10.